The fraction of sp³-hybridized carbons (Fsp3) is 0.417. The van der Waals surface area contributed by atoms with Crippen LogP contribution in [0.4, 0.5) is 5.69 Å². The molecule has 0 spiro atoms. The van der Waals surface area contributed by atoms with Crippen molar-refractivity contribution in [2.75, 3.05) is 20.2 Å². The van der Waals surface area contributed by atoms with Gasteiger partial charge in [-0.15, -0.1) is 0 Å². The Morgan fingerprint density at radius 3 is 2.63 bits per heavy atom. The second-order valence-corrected chi connectivity index (χ2v) is 4.80. The number of nitro groups is 1. The van der Waals surface area contributed by atoms with Gasteiger partial charge < -0.3 is 14.7 Å². The van der Waals surface area contributed by atoms with Crippen LogP contribution in [0.15, 0.2) is 18.2 Å². The maximum atomic E-state index is 12.2. The van der Waals surface area contributed by atoms with Crippen molar-refractivity contribution in [2.24, 2.45) is 0 Å². The summed E-state index contributed by atoms with van der Waals surface area (Å²) in [6, 6.07) is 3.86. The van der Waals surface area contributed by atoms with E-state index < -0.39 is 10.5 Å². The number of carbonyl (C=O) groups is 1. The summed E-state index contributed by atoms with van der Waals surface area (Å²) in [6.07, 6.45) is 0. The van der Waals surface area contributed by atoms with Gasteiger partial charge in [0.2, 0.25) is 0 Å². The molecule has 1 aromatic carbocycles. The Balaban J connectivity index is 2.29. The van der Waals surface area contributed by atoms with Gasteiger partial charge in [0.05, 0.1) is 36.3 Å². The van der Waals surface area contributed by atoms with E-state index in [9.17, 15) is 20.0 Å². The van der Waals surface area contributed by atoms with E-state index in [1.54, 1.807) is 6.92 Å². The molecule has 0 saturated carbocycles. The summed E-state index contributed by atoms with van der Waals surface area (Å²) in [5.74, 6) is -0.103. The number of rotatable bonds is 3. The minimum absolute atomic E-state index is 0.132. The third kappa shape index (κ3) is 2.50. The van der Waals surface area contributed by atoms with E-state index in [2.05, 4.69) is 0 Å². The molecule has 1 aliphatic heterocycles. The van der Waals surface area contributed by atoms with Gasteiger partial charge in [0, 0.05) is 12.1 Å². The van der Waals surface area contributed by atoms with Crippen LogP contribution in [0.5, 0.6) is 5.75 Å². The summed E-state index contributed by atoms with van der Waals surface area (Å²) in [5.41, 5.74) is -0.924. The first-order chi connectivity index (χ1) is 8.84. The minimum Gasteiger partial charge on any atom is -0.496 e. The van der Waals surface area contributed by atoms with E-state index in [0.29, 0.717) is 0 Å². The quantitative estimate of drug-likeness (QED) is 0.645. The molecule has 1 amide bonds. The Hall–Kier alpha value is -2.15. The second-order valence-electron chi connectivity index (χ2n) is 4.80. The van der Waals surface area contributed by atoms with Crippen molar-refractivity contribution in [1.29, 1.82) is 0 Å². The molecule has 0 atom stereocenters. The zero-order valence-corrected chi connectivity index (χ0v) is 10.6. The molecule has 0 bridgehead atoms. The molecule has 1 aromatic rings. The van der Waals surface area contributed by atoms with Crippen LogP contribution in [0.1, 0.15) is 17.3 Å². The van der Waals surface area contributed by atoms with Crippen LogP contribution in [-0.4, -0.2) is 46.6 Å². The van der Waals surface area contributed by atoms with E-state index >= 15 is 0 Å². The average Bonchev–Trinajstić information content (AvgIpc) is 2.34. The zero-order valence-electron chi connectivity index (χ0n) is 10.6. The molecule has 0 unspecified atom stereocenters. The number of aliphatic hydroxyl groups is 1. The molecule has 1 saturated heterocycles. The van der Waals surface area contributed by atoms with Crippen molar-refractivity contribution >= 4 is 11.6 Å². The standard InChI is InChI=1S/C12H14N2O5/c1-12(16)6-13(7-12)11(15)9-5-8(14(17)18)3-4-10(9)19-2/h3-5,16H,6-7H2,1-2H3. The second kappa shape index (κ2) is 4.51. The molecule has 1 heterocycles. The summed E-state index contributed by atoms with van der Waals surface area (Å²) in [6.45, 7) is 2.04. The van der Waals surface area contributed by atoms with Gasteiger partial charge in [-0.3, -0.25) is 14.9 Å². The molecule has 102 valence electrons. The molecule has 0 aromatic heterocycles. The summed E-state index contributed by atoms with van der Waals surface area (Å²) in [5, 5.41) is 20.3. The van der Waals surface area contributed by atoms with Gasteiger partial charge >= 0.3 is 0 Å². The number of carbonyl (C=O) groups excluding carboxylic acids is 1. The fourth-order valence-electron chi connectivity index (χ4n) is 2.07. The summed E-state index contributed by atoms with van der Waals surface area (Å²) in [7, 11) is 1.39. The molecule has 2 rings (SSSR count). The van der Waals surface area contributed by atoms with Crippen LogP contribution >= 0.6 is 0 Å². The summed E-state index contributed by atoms with van der Waals surface area (Å²) >= 11 is 0. The Morgan fingerprint density at radius 2 is 2.16 bits per heavy atom. The van der Waals surface area contributed by atoms with Crippen molar-refractivity contribution in [3.63, 3.8) is 0 Å². The van der Waals surface area contributed by atoms with Gasteiger partial charge in [0.15, 0.2) is 0 Å². The van der Waals surface area contributed by atoms with Crippen molar-refractivity contribution in [3.05, 3.63) is 33.9 Å². The highest BCUT2D eigenvalue weighted by molar-refractivity contribution is 5.98. The molecule has 7 heteroatoms. The number of hydrogen-bond donors (Lipinski definition) is 1. The molecule has 1 fully saturated rings. The van der Waals surface area contributed by atoms with Gasteiger partial charge in [-0.05, 0) is 13.0 Å². The molecular formula is C12H14N2O5. The first-order valence-corrected chi connectivity index (χ1v) is 5.68. The van der Waals surface area contributed by atoms with E-state index in [-0.39, 0.29) is 36.0 Å². The third-order valence-corrected chi connectivity index (χ3v) is 2.97. The predicted molar refractivity (Wildman–Crippen MR) is 66.2 cm³/mol. The third-order valence-electron chi connectivity index (χ3n) is 2.97. The number of methoxy groups -OCH3 is 1. The zero-order chi connectivity index (χ0) is 14.2. The molecule has 1 N–H and O–H groups in total. The number of ether oxygens (including phenoxy) is 1. The van der Waals surface area contributed by atoms with E-state index in [0.717, 1.165) is 0 Å². The number of nitrogens with zero attached hydrogens (tertiary/aromatic N) is 2. The SMILES string of the molecule is COc1ccc([N+](=O)[O-])cc1C(=O)N1CC(C)(O)C1. The van der Waals surface area contributed by atoms with Crippen LogP contribution in [-0.2, 0) is 0 Å². The first kappa shape index (κ1) is 13.3. The molecule has 19 heavy (non-hydrogen) atoms. The van der Waals surface area contributed by atoms with E-state index in [1.807, 2.05) is 0 Å². The lowest BCUT2D eigenvalue weighted by molar-refractivity contribution is -0.384. The van der Waals surface area contributed by atoms with Gasteiger partial charge in [0.1, 0.15) is 5.75 Å². The Morgan fingerprint density at radius 1 is 1.53 bits per heavy atom. The normalized spacial score (nSPS) is 16.7. The van der Waals surface area contributed by atoms with Crippen LogP contribution in [0.25, 0.3) is 0 Å². The number of β-amino-alcohol motifs (C(OH)–C–C–N with tert-alkyl or cyclic N) is 1. The lowest BCUT2D eigenvalue weighted by Gasteiger charge is -2.44. The smallest absolute Gasteiger partial charge is 0.270 e. The van der Waals surface area contributed by atoms with Gasteiger partial charge in [0.25, 0.3) is 11.6 Å². The van der Waals surface area contributed by atoms with Crippen LogP contribution in [0.3, 0.4) is 0 Å². The van der Waals surface area contributed by atoms with E-state index in [1.165, 1.54) is 30.2 Å². The number of hydrogen-bond acceptors (Lipinski definition) is 5. The summed E-state index contributed by atoms with van der Waals surface area (Å²) < 4.78 is 5.04. The number of nitro benzene ring substituents is 1. The molecule has 0 aliphatic carbocycles. The lowest BCUT2D eigenvalue weighted by atomic mass is 9.95. The largest absolute Gasteiger partial charge is 0.496 e. The van der Waals surface area contributed by atoms with Crippen LogP contribution < -0.4 is 4.74 Å². The maximum absolute atomic E-state index is 12.2. The Labute approximate surface area is 109 Å². The highest BCUT2D eigenvalue weighted by Crippen LogP contribution is 2.29. The van der Waals surface area contributed by atoms with Gasteiger partial charge in [-0.25, -0.2) is 0 Å². The van der Waals surface area contributed by atoms with Gasteiger partial charge in [-0.2, -0.15) is 0 Å². The van der Waals surface area contributed by atoms with Crippen molar-refractivity contribution in [3.8, 4) is 5.75 Å². The van der Waals surface area contributed by atoms with Crippen molar-refractivity contribution < 1.29 is 19.6 Å². The topological polar surface area (TPSA) is 92.9 Å². The predicted octanol–water partition coefficient (Wildman–Crippen LogP) is 0.810. The first-order valence-electron chi connectivity index (χ1n) is 5.68. The number of amides is 1. The molecule has 1 aliphatic rings. The van der Waals surface area contributed by atoms with Crippen LogP contribution in [0.2, 0.25) is 0 Å². The summed E-state index contributed by atoms with van der Waals surface area (Å²) in [4.78, 5) is 23.8. The Kier molecular flexibility index (Phi) is 3.15. The fourth-order valence-corrected chi connectivity index (χ4v) is 2.07. The monoisotopic (exact) mass is 266 g/mol. The molecule has 7 nitrogen and oxygen atoms in total. The molecule has 0 radical (unpaired) electrons. The van der Waals surface area contributed by atoms with E-state index in [4.69, 9.17) is 4.74 Å². The number of likely N-dealkylation sites (tertiary alicyclic amines) is 1. The lowest BCUT2D eigenvalue weighted by Crippen LogP contribution is -2.61. The highest BCUT2D eigenvalue weighted by atomic mass is 16.6. The number of benzene rings is 1. The van der Waals surface area contributed by atoms with Crippen molar-refractivity contribution in [2.45, 2.75) is 12.5 Å². The van der Waals surface area contributed by atoms with Crippen LogP contribution in [0, 0.1) is 10.1 Å². The minimum atomic E-state index is -0.885. The highest BCUT2D eigenvalue weighted by Gasteiger charge is 2.40. The molecular weight excluding hydrogens is 252 g/mol. The Bertz CT molecular complexity index is 533. The number of non-ortho nitro benzene ring substituents is 1. The maximum Gasteiger partial charge on any atom is 0.270 e. The van der Waals surface area contributed by atoms with Crippen molar-refractivity contribution in [1.82, 2.24) is 4.90 Å². The van der Waals surface area contributed by atoms with Gasteiger partial charge in [-0.1, -0.05) is 0 Å². The average molecular weight is 266 g/mol.